The van der Waals surface area contributed by atoms with Gasteiger partial charge in [-0.05, 0) is 49.6 Å². The lowest BCUT2D eigenvalue weighted by molar-refractivity contribution is -0.116. The third-order valence-electron chi connectivity index (χ3n) is 3.49. The summed E-state index contributed by atoms with van der Waals surface area (Å²) in [6, 6.07) is 15.5. The fourth-order valence-corrected chi connectivity index (χ4v) is 2.23. The van der Waals surface area contributed by atoms with Crippen molar-refractivity contribution in [3.8, 4) is 5.75 Å². The van der Waals surface area contributed by atoms with Gasteiger partial charge in [0.1, 0.15) is 12.4 Å². The van der Waals surface area contributed by atoms with Gasteiger partial charge in [0, 0.05) is 12.1 Å². The predicted molar refractivity (Wildman–Crippen MR) is 91.8 cm³/mol. The molecular formula is C19H23NO3. The molecule has 4 nitrogen and oxygen atoms in total. The molecule has 0 saturated heterocycles. The molecule has 2 aromatic carbocycles. The first-order chi connectivity index (χ1) is 11.2. The molecule has 0 radical (unpaired) electrons. The van der Waals surface area contributed by atoms with Crippen molar-refractivity contribution < 1.29 is 14.6 Å². The first-order valence-corrected chi connectivity index (χ1v) is 7.86. The lowest BCUT2D eigenvalue weighted by atomic mass is 10.1. The highest BCUT2D eigenvalue weighted by atomic mass is 16.5. The molecule has 0 spiro atoms. The van der Waals surface area contributed by atoms with Crippen molar-refractivity contribution in [2.45, 2.75) is 26.2 Å². The predicted octanol–water partition coefficient (Wildman–Crippen LogP) is 3.33. The van der Waals surface area contributed by atoms with Gasteiger partial charge in [0.2, 0.25) is 5.91 Å². The van der Waals surface area contributed by atoms with Gasteiger partial charge in [-0.25, -0.2) is 0 Å². The Morgan fingerprint density at radius 1 is 1.09 bits per heavy atom. The minimum atomic E-state index is -0.0144. The molecule has 0 heterocycles. The number of carbonyl (C=O) groups is 1. The number of ether oxygens (including phenoxy) is 1. The summed E-state index contributed by atoms with van der Waals surface area (Å²) in [6.07, 6.45) is 2.23. The number of rotatable bonds is 8. The highest BCUT2D eigenvalue weighted by molar-refractivity contribution is 5.90. The molecule has 0 aliphatic rings. The van der Waals surface area contributed by atoms with E-state index in [0.717, 1.165) is 18.5 Å². The van der Waals surface area contributed by atoms with Gasteiger partial charge in [-0.2, -0.15) is 0 Å². The van der Waals surface area contributed by atoms with E-state index in [9.17, 15) is 4.79 Å². The van der Waals surface area contributed by atoms with E-state index < -0.39 is 0 Å². The van der Waals surface area contributed by atoms with Crippen LogP contribution in [-0.4, -0.2) is 24.2 Å². The lowest BCUT2D eigenvalue weighted by Crippen LogP contribution is -2.11. The van der Waals surface area contributed by atoms with E-state index in [-0.39, 0.29) is 19.1 Å². The summed E-state index contributed by atoms with van der Waals surface area (Å²) in [5, 5.41) is 11.6. The number of amides is 1. The number of aryl methyl sites for hydroxylation is 2. The van der Waals surface area contributed by atoms with Crippen LogP contribution in [-0.2, 0) is 11.2 Å². The standard InChI is InChI=1S/C19H23NO3/c1-15-5-7-16(8-6-15)3-2-4-19(22)20-17-9-11-18(12-10-17)23-14-13-21/h5-12,21H,2-4,13-14H2,1H3,(H,20,22). The van der Waals surface area contributed by atoms with E-state index in [1.807, 2.05) is 0 Å². The Morgan fingerprint density at radius 2 is 1.78 bits per heavy atom. The number of aliphatic hydroxyl groups is 1. The van der Waals surface area contributed by atoms with Gasteiger partial charge >= 0.3 is 0 Å². The molecule has 2 N–H and O–H groups in total. The third-order valence-corrected chi connectivity index (χ3v) is 3.49. The fraction of sp³-hybridized carbons (Fsp3) is 0.316. The maximum atomic E-state index is 11.9. The summed E-state index contributed by atoms with van der Waals surface area (Å²) in [7, 11) is 0. The van der Waals surface area contributed by atoms with Crippen LogP contribution in [0.25, 0.3) is 0 Å². The largest absolute Gasteiger partial charge is 0.491 e. The molecule has 0 aliphatic heterocycles. The summed E-state index contributed by atoms with van der Waals surface area (Å²) < 4.78 is 5.27. The minimum absolute atomic E-state index is 0.0144. The molecule has 0 bridgehead atoms. The Morgan fingerprint density at radius 3 is 2.43 bits per heavy atom. The number of nitrogens with one attached hydrogen (secondary N) is 1. The molecule has 0 aromatic heterocycles. The SMILES string of the molecule is Cc1ccc(CCCC(=O)Nc2ccc(OCCO)cc2)cc1. The van der Waals surface area contributed by atoms with Crippen LogP contribution in [0.5, 0.6) is 5.75 Å². The van der Waals surface area contributed by atoms with Crippen molar-refractivity contribution in [1.82, 2.24) is 0 Å². The Balaban J connectivity index is 1.72. The second kappa shape index (κ2) is 8.96. The summed E-state index contributed by atoms with van der Waals surface area (Å²) in [5.41, 5.74) is 3.26. The second-order valence-electron chi connectivity index (χ2n) is 5.48. The van der Waals surface area contributed by atoms with Gasteiger partial charge in [-0.1, -0.05) is 29.8 Å². The zero-order chi connectivity index (χ0) is 16.5. The maximum Gasteiger partial charge on any atom is 0.224 e. The van der Waals surface area contributed by atoms with Crippen molar-refractivity contribution in [1.29, 1.82) is 0 Å². The molecule has 4 heteroatoms. The Labute approximate surface area is 137 Å². The minimum Gasteiger partial charge on any atom is -0.491 e. The Hall–Kier alpha value is -2.33. The number of benzene rings is 2. The molecule has 2 aromatic rings. The van der Waals surface area contributed by atoms with Crippen LogP contribution < -0.4 is 10.1 Å². The maximum absolute atomic E-state index is 11.9. The first kappa shape index (κ1) is 17.0. The summed E-state index contributed by atoms with van der Waals surface area (Å²) >= 11 is 0. The summed E-state index contributed by atoms with van der Waals surface area (Å²) in [6.45, 7) is 2.32. The molecule has 0 atom stereocenters. The molecule has 0 saturated carbocycles. The molecule has 0 unspecified atom stereocenters. The monoisotopic (exact) mass is 313 g/mol. The van der Waals surface area contributed by atoms with Gasteiger partial charge in [-0.15, -0.1) is 0 Å². The second-order valence-corrected chi connectivity index (χ2v) is 5.48. The third kappa shape index (κ3) is 6.12. The number of hydrogen-bond donors (Lipinski definition) is 2. The van der Waals surface area contributed by atoms with Gasteiger partial charge in [0.05, 0.1) is 6.61 Å². The van der Waals surface area contributed by atoms with Crippen LogP contribution in [0.1, 0.15) is 24.0 Å². The number of hydrogen-bond acceptors (Lipinski definition) is 3. The van der Waals surface area contributed by atoms with Crippen molar-refractivity contribution in [2.24, 2.45) is 0 Å². The van der Waals surface area contributed by atoms with Crippen molar-refractivity contribution in [2.75, 3.05) is 18.5 Å². The fourth-order valence-electron chi connectivity index (χ4n) is 2.23. The highest BCUT2D eigenvalue weighted by Gasteiger charge is 2.03. The van der Waals surface area contributed by atoms with E-state index in [2.05, 4.69) is 36.5 Å². The molecule has 0 fully saturated rings. The van der Waals surface area contributed by atoms with Crippen molar-refractivity contribution in [3.05, 3.63) is 59.7 Å². The molecule has 122 valence electrons. The summed E-state index contributed by atoms with van der Waals surface area (Å²) in [4.78, 5) is 11.9. The van der Waals surface area contributed by atoms with Gasteiger partial charge in [-0.3, -0.25) is 4.79 Å². The van der Waals surface area contributed by atoms with E-state index in [1.54, 1.807) is 24.3 Å². The van der Waals surface area contributed by atoms with Crippen LogP contribution in [0, 0.1) is 6.92 Å². The Bertz CT molecular complexity index is 606. The van der Waals surface area contributed by atoms with Gasteiger partial charge < -0.3 is 15.2 Å². The molecule has 23 heavy (non-hydrogen) atoms. The first-order valence-electron chi connectivity index (χ1n) is 7.86. The average Bonchev–Trinajstić information content (AvgIpc) is 2.56. The van der Waals surface area contributed by atoms with E-state index in [1.165, 1.54) is 11.1 Å². The van der Waals surface area contributed by atoms with E-state index in [4.69, 9.17) is 9.84 Å². The zero-order valence-electron chi connectivity index (χ0n) is 13.4. The van der Waals surface area contributed by atoms with Crippen LogP contribution in [0.15, 0.2) is 48.5 Å². The van der Waals surface area contributed by atoms with Gasteiger partial charge in [0.25, 0.3) is 0 Å². The highest BCUT2D eigenvalue weighted by Crippen LogP contribution is 2.16. The van der Waals surface area contributed by atoms with Crippen molar-refractivity contribution in [3.63, 3.8) is 0 Å². The van der Waals surface area contributed by atoms with Crippen molar-refractivity contribution >= 4 is 11.6 Å². The number of anilines is 1. The smallest absolute Gasteiger partial charge is 0.224 e. The molecule has 2 rings (SSSR count). The van der Waals surface area contributed by atoms with E-state index in [0.29, 0.717) is 12.2 Å². The lowest BCUT2D eigenvalue weighted by Gasteiger charge is -2.08. The van der Waals surface area contributed by atoms with Gasteiger partial charge in [0.15, 0.2) is 0 Å². The van der Waals surface area contributed by atoms with Crippen LogP contribution in [0.2, 0.25) is 0 Å². The average molecular weight is 313 g/mol. The summed E-state index contributed by atoms with van der Waals surface area (Å²) in [5.74, 6) is 0.692. The van der Waals surface area contributed by atoms with Crippen LogP contribution in [0.3, 0.4) is 0 Å². The number of carbonyl (C=O) groups excluding carboxylic acids is 1. The molecular weight excluding hydrogens is 290 g/mol. The van der Waals surface area contributed by atoms with Crippen LogP contribution >= 0.6 is 0 Å². The van der Waals surface area contributed by atoms with E-state index >= 15 is 0 Å². The van der Waals surface area contributed by atoms with Crippen LogP contribution in [0.4, 0.5) is 5.69 Å². The zero-order valence-corrected chi connectivity index (χ0v) is 13.4. The molecule has 0 aliphatic carbocycles. The molecule has 1 amide bonds. The topological polar surface area (TPSA) is 58.6 Å². The quantitative estimate of drug-likeness (QED) is 0.786. The normalized spacial score (nSPS) is 10.3. The Kier molecular flexibility index (Phi) is 6.63. The number of aliphatic hydroxyl groups excluding tert-OH is 1.